The third-order valence-corrected chi connectivity index (χ3v) is 2.77. The average Bonchev–Trinajstić information content (AvgIpc) is 2.75. The Morgan fingerprint density at radius 2 is 1.94 bits per heavy atom. The Morgan fingerprint density at radius 1 is 1.24 bits per heavy atom. The van der Waals surface area contributed by atoms with Gasteiger partial charge in [0.1, 0.15) is 0 Å². The second-order valence-electron chi connectivity index (χ2n) is 4.15. The average molecular weight is 228 g/mol. The van der Waals surface area contributed by atoms with Crippen molar-refractivity contribution in [3.05, 3.63) is 54.4 Å². The normalized spacial score (nSPS) is 10.2. The molecule has 0 N–H and O–H groups in total. The van der Waals surface area contributed by atoms with E-state index in [1.807, 2.05) is 60.4 Å². The zero-order chi connectivity index (χ0) is 12.3. The first kappa shape index (κ1) is 11.5. The van der Waals surface area contributed by atoms with E-state index in [4.69, 9.17) is 0 Å². The van der Waals surface area contributed by atoms with Gasteiger partial charge in [-0.25, -0.2) is 0 Å². The second-order valence-corrected chi connectivity index (χ2v) is 4.15. The molecule has 0 radical (unpaired) electrons. The molecule has 0 bridgehead atoms. The van der Waals surface area contributed by atoms with Gasteiger partial charge in [-0.15, -0.1) is 0 Å². The SMILES string of the molecule is CN(C(=O)Cc1ccn(C)c1)c1ccccc1. The summed E-state index contributed by atoms with van der Waals surface area (Å²) in [7, 11) is 3.76. The van der Waals surface area contributed by atoms with E-state index in [1.54, 1.807) is 11.9 Å². The van der Waals surface area contributed by atoms with Gasteiger partial charge in [-0.05, 0) is 23.8 Å². The van der Waals surface area contributed by atoms with Crippen LogP contribution in [0, 0.1) is 0 Å². The summed E-state index contributed by atoms with van der Waals surface area (Å²) in [4.78, 5) is 13.7. The van der Waals surface area contributed by atoms with Crippen LogP contribution in [0.1, 0.15) is 5.56 Å². The van der Waals surface area contributed by atoms with Gasteiger partial charge in [0.15, 0.2) is 0 Å². The molecule has 2 aromatic rings. The number of amides is 1. The number of hydrogen-bond acceptors (Lipinski definition) is 1. The summed E-state index contributed by atoms with van der Waals surface area (Å²) in [6.45, 7) is 0. The third-order valence-electron chi connectivity index (χ3n) is 2.77. The highest BCUT2D eigenvalue weighted by molar-refractivity contribution is 5.94. The predicted molar refractivity (Wildman–Crippen MR) is 69.0 cm³/mol. The third kappa shape index (κ3) is 2.75. The van der Waals surface area contributed by atoms with Crippen LogP contribution in [0.4, 0.5) is 5.69 Å². The van der Waals surface area contributed by atoms with Gasteiger partial charge in [0.2, 0.25) is 5.91 Å². The fourth-order valence-corrected chi connectivity index (χ4v) is 1.75. The molecule has 88 valence electrons. The van der Waals surface area contributed by atoms with E-state index in [1.165, 1.54) is 0 Å². The lowest BCUT2D eigenvalue weighted by molar-refractivity contribution is -0.117. The van der Waals surface area contributed by atoms with Crippen LogP contribution in [0.15, 0.2) is 48.8 Å². The summed E-state index contributed by atoms with van der Waals surface area (Å²) < 4.78 is 1.95. The molecule has 2 rings (SSSR count). The quantitative estimate of drug-likeness (QED) is 0.790. The molecule has 1 aromatic heterocycles. The zero-order valence-corrected chi connectivity index (χ0v) is 10.1. The van der Waals surface area contributed by atoms with E-state index in [0.29, 0.717) is 6.42 Å². The number of hydrogen-bond donors (Lipinski definition) is 0. The van der Waals surface area contributed by atoms with E-state index >= 15 is 0 Å². The van der Waals surface area contributed by atoms with Crippen LogP contribution in [0.2, 0.25) is 0 Å². The molecule has 0 saturated heterocycles. The molecule has 0 aliphatic heterocycles. The number of rotatable bonds is 3. The van der Waals surface area contributed by atoms with Crippen LogP contribution in [0.3, 0.4) is 0 Å². The Balaban J connectivity index is 2.06. The summed E-state index contributed by atoms with van der Waals surface area (Å²) in [5.74, 6) is 0.0994. The highest BCUT2D eigenvalue weighted by Crippen LogP contribution is 2.13. The molecule has 1 aromatic carbocycles. The number of likely N-dealkylation sites (N-methyl/N-ethyl adjacent to an activating group) is 1. The van der Waals surface area contributed by atoms with Gasteiger partial charge in [0.25, 0.3) is 0 Å². The van der Waals surface area contributed by atoms with Gasteiger partial charge in [0, 0.05) is 32.2 Å². The molecule has 0 saturated carbocycles. The fourth-order valence-electron chi connectivity index (χ4n) is 1.75. The summed E-state index contributed by atoms with van der Waals surface area (Å²) in [6, 6.07) is 11.6. The molecule has 0 atom stereocenters. The molecule has 0 unspecified atom stereocenters. The van der Waals surface area contributed by atoms with Crippen LogP contribution in [-0.2, 0) is 18.3 Å². The maximum Gasteiger partial charge on any atom is 0.231 e. The molecule has 1 heterocycles. The van der Waals surface area contributed by atoms with Crippen molar-refractivity contribution in [3.63, 3.8) is 0 Å². The van der Waals surface area contributed by atoms with Crippen molar-refractivity contribution in [2.24, 2.45) is 7.05 Å². The Bertz CT molecular complexity index is 502. The van der Waals surface area contributed by atoms with E-state index in [-0.39, 0.29) is 5.91 Å². The summed E-state index contributed by atoms with van der Waals surface area (Å²) >= 11 is 0. The van der Waals surface area contributed by atoms with Crippen LogP contribution < -0.4 is 4.90 Å². The molecule has 17 heavy (non-hydrogen) atoms. The topological polar surface area (TPSA) is 25.2 Å². The van der Waals surface area contributed by atoms with Crippen molar-refractivity contribution in [3.8, 4) is 0 Å². The van der Waals surface area contributed by atoms with Gasteiger partial charge in [-0.2, -0.15) is 0 Å². The Morgan fingerprint density at radius 3 is 2.53 bits per heavy atom. The zero-order valence-electron chi connectivity index (χ0n) is 10.1. The largest absolute Gasteiger partial charge is 0.357 e. The van der Waals surface area contributed by atoms with Crippen molar-refractivity contribution >= 4 is 11.6 Å². The number of benzene rings is 1. The van der Waals surface area contributed by atoms with E-state index in [9.17, 15) is 4.79 Å². The maximum atomic E-state index is 12.0. The molecule has 3 nitrogen and oxygen atoms in total. The van der Waals surface area contributed by atoms with Gasteiger partial charge in [-0.1, -0.05) is 18.2 Å². The molecule has 0 spiro atoms. The summed E-state index contributed by atoms with van der Waals surface area (Å²) in [6.07, 6.45) is 4.36. The van der Waals surface area contributed by atoms with Crippen molar-refractivity contribution in [2.45, 2.75) is 6.42 Å². The first-order chi connectivity index (χ1) is 8.16. The number of anilines is 1. The lowest BCUT2D eigenvalue weighted by Crippen LogP contribution is -2.27. The fraction of sp³-hybridized carbons (Fsp3) is 0.214. The van der Waals surface area contributed by atoms with E-state index in [2.05, 4.69) is 0 Å². The summed E-state index contributed by atoms with van der Waals surface area (Å²) in [5.41, 5.74) is 1.97. The van der Waals surface area contributed by atoms with E-state index in [0.717, 1.165) is 11.3 Å². The summed E-state index contributed by atoms with van der Waals surface area (Å²) in [5, 5.41) is 0. The number of aromatic nitrogens is 1. The maximum absolute atomic E-state index is 12.0. The van der Waals surface area contributed by atoms with Gasteiger partial charge in [0.05, 0.1) is 6.42 Å². The van der Waals surface area contributed by atoms with Crippen molar-refractivity contribution in [2.75, 3.05) is 11.9 Å². The molecular weight excluding hydrogens is 212 g/mol. The van der Waals surface area contributed by atoms with E-state index < -0.39 is 0 Å². The number of carbonyl (C=O) groups is 1. The van der Waals surface area contributed by atoms with Gasteiger partial charge < -0.3 is 9.47 Å². The Kier molecular flexibility index (Phi) is 3.28. The number of para-hydroxylation sites is 1. The number of carbonyl (C=O) groups excluding carboxylic acids is 1. The van der Waals surface area contributed by atoms with Gasteiger partial charge in [-0.3, -0.25) is 4.79 Å². The van der Waals surface area contributed by atoms with Crippen molar-refractivity contribution in [1.82, 2.24) is 4.57 Å². The van der Waals surface area contributed by atoms with Crippen LogP contribution in [0.5, 0.6) is 0 Å². The van der Waals surface area contributed by atoms with Crippen LogP contribution >= 0.6 is 0 Å². The monoisotopic (exact) mass is 228 g/mol. The number of nitrogens with zero attached hydrogens (tertiary/aromatic N) is 2. The van der Waals surface area contributed by atoms with Crippen LogP contribution in [-0.4, -0.2) is 17.5 Å². The molecule has 0 aliphatic rings. The van der Waals surface area contributed by atoms with Gasteiger partial charge >= 0.3 is 0 Å². The molecule has 0 fully saturated rings. The number of aryl methyl sites for hydroxylation is 1. The Hall–Kier alpha value is -2.03. The lowest BCUT2D eigenvalue weighted by Gasteiger charge is -2.16. The molecule has 1 amide bonds. The highest BCUT2D eigenvalue weighted by atomic mass is 16.2. The standard InChI is InChI=1S/C14H16N2O/c1-15-9-8-12(11-15)10-14(17)16(2)13-6-4-3-5-7-13/h3-9,11H,10H2,1-2H3. The second kappa shape index (κ2) is 4.87. The van der Waals surface area contributed by atoms with Crippen LogP contribution in [0.25, 0.3) is 0 Å². The van der Waals surface area contributed by atoms with Crippen molar-refractivity contribution in [1.29, 1.82) is 0 Å². The first-order valence-electron chi connectivity index (χ1n) is 5.59. The minimum absolute atomic E-state index is 0.0994. The molecule has 0 aliphatic carbocycles. The predicted octanol–water partition coefficient (Wildman–Crippen LogP) is 2.23. The molecule has 3 heteroatoms. The smallest absolute Gasteiger partial charge is 0.231 e. The minimum Gasteiger partial charge on any atom is -0.357 e. The molecular formula is C14H16N2O. The highest BCUT2D eigenvalue weighted by Gasteiger charge is 2.11. The lowest BCUT2D eigenvalue weighted by atomic mass is 10.2. The Labute approximate surface area is 101 Å². The minimum atomic E-state index is 0.0994. The van der Waals surface area contributed by atoms with Crippen molar-refractivity contribution < 1.29 is 4.79 Å². The first-order valence-corrected chi connectivity index (χ1v) is 5.59.